The lowest BCUT2D eigenvalue weighted by Crippen LogP contribution is -2.56. The fourth-order valence-electron chi connectivity index (χ4n) is 2.24. The molecule has 104 valence electrons. The number of aromatic nitrogens is 2. The molecule has 2 atom stereocenters. The zero-order valence-electron chi connectivity index (χ0n) is 11.1. The van der Waals surface area contributed by atoms with E-state index in [4.69, 9.17) is 23.2 Å². The average Bonchev–Trinajstić information content (AvgIpc) is 2.37. The highest BCUT2D eigenvalue weighted by Gasteiger charge is 2.30. The summed E-state index contributed by atoms with van der Waals surface area (Å²) in [7, 11) is 2.06. The van der Waals surface area contributed by atoms with E-state index in [0.717, 1.165) is 0 Å². The van der Waals surface area contributed by atoms with Gasteiger partial charge in [0.05, 0.1) is 5.56 Å². The molecule has 7 heteroatoms. The Morgan fingerprint density at radius 3 is 2.42 bits per heavy atom. The molecule has 1 aliphatic heterocycles. The van der Waals surface area contributed by atoms with Crippen molar-refractivity contribution in [3.8, 4) is 0 Å². The molecule has 19 heavy (non-hydrogen) atoms. The third kappa shape index (κ3) is 2.99. The van der Waals surface area contributed by atoms with E-state index in [9.17, 15) is 4.79 Å². The van der Waals surface area contributed by atoms with Crippen LogP contribution < -0.4 is 0 Å². The quantitative estimate of drug-likeness (QED) is 0.795. The van der Waals surface area contributed by atoms with Gasteiger partial charge in [0, 0.05) is 25.2 Å². The number of carbonyl (C=O) groups excluding carboxylic acids is 1. The summed E-state index contributed by atoms with van der Waals surface area (Å²) in [5.41, 5.74) is 0.311. The van der Waals surface area contributed by atoms with E-state index in [-0.39, 0.29) is 16.2 Å². The lowest BCUT2D eigenvalue weighted by Gasteiger charge is -2.42. The Bertz CT molecular complexity index is 485. The first-order valence-electron chi connectivity index (χ1n) is 6.10. The molecule has 1 aromatic heterocycles. The van der Waals surface area contributed by atoms with Crippen molar-refractivity contribution in [2.75, 3.05) is 20.1 Å². The lowest BCUT2D eigenvalue weighted by molar-refractivity contribution is 0.0414. The highest BCUT2D eigenvalue weighted by atomic mass is 35.5. The molecule has 0 aromatic carbocycles. The van der Waals surface area contributed by atoms with Gasteiger partial charge in [-0.05, 0) is 27.0 Å². The Balaban J connectivity index is 2.22. The summed E-state index contributed by atoms with van der Waals surface area (Å²) in [5.74, 6) is -0.145. The highest BCUT2D eigenvalue weighted by molar-refractivity contribution is 6.34. The van der Waals surface area contributed by atoms with Crippen LogP contribution in [-0.4, -0.2) is 58.1 Å². The number of halogens is 2. The van der Waals surface area contributed by atoms with Crippen LogP contribution in [0.2, 0.25) is 10.3 Å². The standard InChI is InChI=1S/C12H16Cl2N4O/c1-7-5-18(6-8(2)17(7)3)12(19)9-4-10(13)15-16-11(9)14/h4,7-8H,5-6H2,1-3H3. The van der Waals surface area contributed by atoms with Crippen molar-refractivity contribution in [3.05, 3.63) is 21.9 Å². The number of likely N-dealkylation sites (N-methyl/N-ethyl adjacent to an activating group) is 1. The minimum atomic E-state index is -0.145. The molecule has 0 radical (unpaired) electrons. The molecule has 2 heterocycles. The summed E-state index contributed by atoms with van der Waals surface area (Å²) in [6.07, 6.45) is 0. The van der Waals surface area contributed by atoms with Gasteiger partial charge in [0.25, 0.3) is 5.91 Å². The summed E-state index contributed by atoms with van der Waals surface area (Å²) in [6, 6.07) is 2.07. The number of rotatable bonds is 1. The second-order valence-corrected chi connectivity index (χ2v) is 5.69. The van der Waals surface area contributed by atoms with Crippen molar-refractivity contribution < 1.29 is 4.79 Å². The van der Waals surface area contributed by atoms with Crippen LogP contribution in [0.4, 0.5) is 0 Å². The first kappa shape index (κ1) is 14.5. The van der Waals surface area contributed by atoms with Gasteiger partial charge >= 0.3 is 0 Å². The zero-order chi connectivity index (χ0) is 14.2. The molecular weight excluding hydrogens is 287 g/mol. The van der Waals surface area contributed by atoms with Crippen LogP contribution >= 0.6 is 23.2 Å². The molecule has 0 N–H and O–H groups in total. The largest absolute Gasteiger partial charge is 0.335 e. The van der Waals surface area contributed by atoms with Crippen LogP contribution in [0.3, 0.4) is 0 Å². The van der Waals surface area contributed by atoms with Gasteiger partial charge in [0.15, 0.2) is 10.3 Å². The predicted molar refractivity (Wildman–Crippen MR) is 74.6 cm³/mol. The Labute approximate surface area is 122 Å². The minimum Gasteiger partial charge on any atom is -0.335 e. The van der Waals surface area contributed by atoms with Crippen molar-refractivity contribution in [2.45, 2.75) is 25.9 Å². The molecule has 1 aliphatic rings. The Hall–Kier alpha value is -0.910. The van der Waals surface area contributed by atoms with E-state index in [1.807, 2.05) is 0 Å². The van der Waals surface area contributed by atoms with Crippen molar-refractivity contribution in [1.82, 2.24) is 20.0 Å². The van der Waals surface area contributed by atoms with Gasteiger partial charge in [-0.3, -0.25) is 9.69 Å². The maximum absolute atomic E-state index is 12.5. The molecule has 0 aliphatic carbocycles. The topological polar surface area (TPSA) is 49.3 Å². The van der Waals surface area contributed by atoms with Gasteiger partial charge in [-0.2, -0.15) is 0 Å². The van der Waals surface area contributed by atoms with Gasteiger partial charge in [-0.1, -0.05) is 23.2 Å². The Kier molecular flexibility index (Phi) is 4.28. The Morgan fingerprint density at radius 1 is 1.26 bits per heavy atom. The summed E-state index contributed by atoms with van der Waals surface area (Å²) < 4.78 is 0. The van der Waals surface area contributed by atoms with E-state index in [1.54, 1.807) is 4.90 Å². The van der Waals surface area contributed by atoms with Crippen molar-refractivity contribution >= 4 is 29.1 Å². The minimum absolute atomic E-state index is 0.0913. The van der Waals surface area contributed by atoms with Crippen LogP contribution in [0.15, 0.2) is 6.07 Å². The summed E-state index contributed by atoms with van der Waals surface area (Å²) in [4.78, 5) is 16.5. The van der Waals surface area contributed by atoms with E-state index < -0.39 is 0 Å². The van der Waals surface area contributed by atoms with E-state index in [1.165, 1.54) is 6.07 Å². The van der Waals surface area contributed by atoms with Crippen LogP contribution in [-0.2, 0) is 0 Å². The van der Waals surface area contributed by atoms with Crippen molar-refractivity contribution in [2.24, 2.45) is 0 Å². The SMILES string of the molecule is CC1CN(C(=O)c2cc(Cl)nnc2Cl)CC(C)N1C. The predicted octanol–water partition coefficient (Wildman–Crippen LogP) is 1.95. The van der Waals surface area contributed by atoms with Crippen LogP contribution in [0, 0.1) is 0 Å². The Morgan fingerprint density at radius 2 is 1.84 bits per heavy atom. The van der Waals surface area contributed by atoms with Gasteiger partial charge in [0.2, 0.25) is 0 Å². The monoisotopic (exact) mass is 302 g/mol. The van der Waals surface area contributed by atoms with E-state index in [2.05, 4.69) is 36.0 Å². The molecule has 5 nitrogen and oxygen atoms in total. The molecule has 1 saturated heterocycles. The van der Waals surface area contributed by atoms with Gasteiger partial charge in [-0.25, -0.2) is 0 Å². The number of nitrogens with zero attached hydrogens (tertiary/aromatic N) is 4. The summed E-state index contributed by atoms with van der Waals surface area (Å²) >= 11 is 11.7. The molecule has 1 amide bonds. The smallest absolute Gasteiger partial charge is 0.257 e. The van der Waals surface area contributed by atoms with Crippen molar-refractivity contribution in [3.63, 3.8) is 0 Å². The number of hydrogen-bond donors (Lipinski definition) is 0. The molecule has 0 bridgehead atoms. The maximum Gasteiger partial charge on any atom is 0.257 e. The third-order valence-electron chi connectivity index (χ3n) is 3.60. The van der Waals surface area contributed by atoms with Gasteiger partial charge in [-0.15, -0.1) is 10.2 Å². The molecule has 1 aromatic rings. The molecule has 1 fully saturated rings. The molecule has 0 spiro atoms. The van der Waals surface area contributed by atoms with E-state index in [0.29, 0.717) is 30.7 Å². The molecular formula is C12H16Cl2N4O. The maximum atomic E-state index is 12.5. The third-order valence-corrected chi connectivity index (χ3v) is 4.06. The highest BCUT2D eigenvalue weighted by Crippen LogP contribution is 2.21. The number of hydrogen-bond acceptors (Lipinski definition) is 4. The fraction of sp³-hybridized carbons (Fsp3) is 0.583. The second-order valence-electron chi connectivity index (χ2n) is 4.95. The molecule has 2 unspecified atom stereocenters. The number of carbonyl (C=O) groups is 1. The lowest BCUT2D eigenvalue weighted by atomic mass is 10.1. The van der Waals surface area contributed by atoms with E-state index >= 15 is 0 Å². The second kappa shape index (κ2) is 5.61. The van der Waals surface area contributed by atoms with Crippen LogP contribution in [0.1, 0.15) is 24.2 Å². The summed E-state index contributed by atoms with van der Waals surface area (Å²) in [6.45, 7) is 5.51. The number of piperazine rings is 1. The first-order valence-corrected chi connectivity index (χ1v) is 6.85. The normalized spacial score (nSPS) is 24.6. The zero-order valence-corrected chi connectivity index (χ0v) is 12.6. The first-order chi connectivity index (χ1) is 8.90. The fourth-order valence-corrected chi connectivity index (χ4v) is 2.56. The van der Waals surface area contributed by atoms with Crippen LogP contribution in [0.25, 0.3) is 0 Å². The van der Waals surface area contributed by atoms with Crippen LogP contribution in [0.5, 0.6) is 0 Å². The molecule has 2 rings (SSSR count). The number of amides is 1. The van der Waals surface area contributed by atoms with Crippen molar-refractivity contribution in [1.29, 1.82) is 0 Å². The van der Waals surface area contributed by atoms with Gasteiger partial charge < -0.3 is 4.90 Å². The molecule has 0 saturated carbocycles. The average molecular weight is 303 g/mol. The summed E-state index contributed by atoms with van der Waals surface area (Å²) in [5, 5.41) is 7.55. The van der Waals surface area contributed by atoms with Gasteiger partial charge in [0.1, 0.15) is 0 Å².